The van der Waals surface area contributed by atoms with Crippen molar-refractivity contribution in [3.8, 4) is 0 Å². The average molecular weight is 219 g/mol. The lowest BCUT2D eigenvalue weighted by Gasteiger charge is -2.18. The molecule has 0 radical (unpaired) electrons. The van der Waals surface area contributed by atoms with E-state index in [1.54, 1.807) is 0 Å². The number of amidine groups is 1. The number of nitrogens with two attached hydrogens (primary N) is 1. The van der Waals surface area contributed by atoms with E-state index >= 15 is 0 Å². The largest absolute Gasteiger partial charge is 0.409 e. The van der Waals surface area contributed by atoms with E-state index in [0.717, 1.165) is 24.6 Å². The Balaban J connectivity index is 2.13. The van der Waals surface area contributed by atoms with Crippen LogP contribution in [0, 0.1) is 5.92 Å². The number of hydrogen-bond donors (Lipinski definition) is 2. The minimum Gasteiger partial charge on any atom is -0.409 e. The Hall–Kier alpha value is -1.71. The van der Waals surface area contributed by atoms with E-state index in [4.69, 9.17) is 10.9 Å². The predicted octanol–water partition coefficient (Wildman–Crippen LogP) is 1.63. The molecule has 3 N–H and O–H groups in total. The summed E-state index contributed by atoms with van der Waals surface area (Å²) >= 11 is 0. The molecule has 1 unspecified atom stereocenters. The molecule has 1 heterocycles. The van der Waals surface area contributed by atoms with Crippen LogP contribution >= 0.6 is 0 Å². The van der Waals surface area contributed by atoms with Crippen molar-refractivity contribution in [2.24, 2.45) is 16.8 Å². The first-order chi connectivity index (χ1) is 7.70. The van der Waals surface area contributed by atoms with Gasteiger partial charge >= 0.3 is 0 Å². The van der Waals surface area contributed by atoms with E-state index in [0.29, 0.717) is 0 Å². The maximum atomic E-state index is 8.56. The molecule has 0 aliphatic carbocycles. The Morgan fingerprint density at radius 2 is 2.12 bits per heavy atom. The molecule has 0 spiro atoms. The van der Waals surface area contributed by atoms with Gasteiger partial charge in [-0.1, -0.05) is 12.1 Å². The van der Waals surface area contributed by atoms with Crippen LogP contribution in [0.1, 0.15) is 18.9 Å². The normalized spacial score (nSPS) is 21.4. The van der Waals surface area contributed by atoms with Gasteiger partial charge in [0, 0.05) is 24.3 Å². The van der Waals surface area contributed by atoms with Gasteiger partial charge in [-0.15, -0.1) is 0 Å². The lowest BCUT2D eigenvalue weighted by molar-refractivity contribution is 0.318. The average Bonchev–Trinajstić information content (AvgIpc) is 2.75. The number of rotatable bonds is 2. The van der Waals surface area contributed by atoms with E-state index in [9.17, 15) is 0 Å². The summed E-state index contributed by atoms with van der Waals surface area (Å²) in [6.07, 6.45) is 1.25. The van der Waals surface area contributed by atoms with E-state index < -0.39 is 0 Å². The quantitative estimate of drug-likeness (QED) is 0.344. The second-order valence-corrected chi connectivity index (χ2v) is 4.37. The van der Waals surface area contributed by atoms with Gasteiger partial charge in [-0.05, 0) is 36.6 Å². The standard InChI is InChI=1S/C12H17N3O/c1-9-6-7-15(8-9)11-4-2-10(3-5-11)12(13)14-16/h2-5,9,16H,6-8H2,1H3,(H2,13,14). The predicted molar refractivity (Wildman–Crippen MR) is 64.9 cm³/mol. The van der Waals surface area contributed by atoms with Gasteiger partial charge in [0.1, 0.15) is 0 Å². The van der Waals surface area contributed by atoms with Gasteiger partial charge < -0.3 is 15.8 Å². The molecule has 0 bridgehead atoms. The third kappa shape index (κ3) is 2.10. The van der Waals surface area contributed by atoms with Gasteiger partial charge in [0.25, 0.3) is 0 Å². The molecule has 0 aromatic heterocycles. The summed E-state index contributed by atoms with van der Waals surface area (Å²) in [6, 6.07) is 7.80. The fourth-order valence-corrected chi connectivity index (χ4v) is 2.07. The molecule has 1 fully saturated rings. The van der Waals surface area contributed by atoms with Crippen molar-refractivity contribution in [2.45, 2.75) is 13.3 Å². The molecular formula is C12H17N3O. The number of anilines is 1. The summed E-state index contributed by atoms with van der Waals surface area (Å²) in [7, 11) is 0. The van der Waals surface area contributed by atoms with Gasteiger partial charge in [0.15, 0.2) is 5.84 Å². The summed E-state index contributed by atoms with van der Waals surface area (Å²) < 4.78 is 0. The molecule has 1 aliphatic rings. The van der Waals surface area contributed by atoms with Crippen LogP contribution in [0.5, 0.6) is 0 Å². The van der Waals surface area contributed by atoms with Crippen molar-refractivity contribution in [1.82, 2.24) is 0 Å². The van der Waals surface area contributed by atoms with Gasteiger partial charge in [-0.25, -0.2) is 0 Å². The minimum absolute atomic E-state index is 0.154. The van der Waals surface area contributed by atoms with Gasteiger partial charge in [0.2, 0.25) is 0 Å². The number of benzene rings is 1. The summed E-state index contributed by atoms with van der Waals surface area (Å²) in [6.45, 7) is 4.50. The molecule has 0 amide bonds. The summed E-state index contributed by atoms with van der Waals surface area (Å²) in [5, 5.41) is 11.5. The Labute approximate surface area is 95.4 Å². The molecule has 4 heteroatoms. The molecule has 2 rings (SSSR count). The highest BCUT2D eigenvalue weighted by molar-refractivity contribution is 5.97. The zero-order valence-electron chi connectivity index (χ0n) is 9.43. The van der Waals surface area contributed by atoms with Gasteiger partial charge in [-0.3, -0.25) is 0 Å². The topological polar surface area (TPSA) is 61.8 Å². The Kier molecular flexibility index (Phi) is 2.99. The third-order valence-corrected chi connectivity index (χ3v) is 3.06. The van der Waals surface area contributed by atoms with Crippen molar-refractivity contribution in [2.75, 3.05) is 18.0 Å². The summed E-state index contributed by atoms with van der Waals surface area (Å²) in [5.41, 5.74) is 7.46. The molecule has 1 aromatic rings. The maximum Gasteiger partial charge on any atom is 0.170 e. The maximum absolute atomic E-state index is 8.56. The van der Waals surface area contributed by atoms with Crippen LogP contribution in [-0.4, -0.2) is 24.1 Å². The zero-order valence-corrected chi connectivity index (χ0v) is 9.43. The minimum atomic E-state index is 0.154. The van der Waals surface area contributed by atoms with Gasteiger partial charge in [-0.2, -0.15) is 0 Å². The molecule has 1 saturated heterocycles. The van der Waals surface area contributed by atoms with Crippen molar-refractivity contribution < 1.29 is 5.21 Å². The van der Waals surface area contributed by atoms with Crippen LogP contribution in [0.15, 0.2) is 29.4 Å². The van der Waals surface area contributed by atoms with Crippen LogP contribution in [0.2, 0.25) is 0 Å². The molecule has 16 heavy (non-hydrogen) atoms. The zero-order chi connectivity index (χ0) is 11.5. The van der Waals surface area contributed by atoms with Crippen LogP contribution in [0.4, 0.5) is 5.69 Å². The van der Waals surface area contributed by atoms with E-state index in [1.165, 1.54) is 12.1 Å². The van der Waals surface area contributed by atoms with Crippen LogP contribution < -0.4 is 10.6 Å². The highest BCUT2D eigenvalue weighted by Crippen LogP contribution is 2.23. The molecule has 1 atom stereocenters. The van der Waals surface area contributed by atoms with Crippen molar-refractivity contribution in [1.29, 1.82) is 0 Å². The smallest absolute Gasteiger partial charge is 0.170 e. The van der Waals surface area contributed by atoms with E-state index in [-0.39, 0.29) is 5.84 Å². The molecule has 4 nitrogen and oxygen atoms in total. The number of nitrogens with zero attached hydrogens (tertiary/aromatic N) is 2. The highest BCUT2D eigenvalue weighted by Gasteiger charge is 2.18. The molecule has 1 aliphatic heterocycles. The lowest BCUT2D eigenvalue weighted by atomic mass is 10.1. The summed E-state index contributed by atoms with van der Waals surface area (Å²) in [4.78, 5) is 2.36. The van der Waals surface area contributed by atoms with Crippen molar-refractivity contribution >= 4 is 11.5 Å². The van der Waals surface area contributed by atoms with E-state index in [2.05, 4.69) is 17.0 Å². The van der Waals surface area contributed by atoms with Crippen molar-refractivity contribution in [3.05, 3.63) is 29.8 Å². The third-order valence-electron chi connectivity index (χ3n) is 3.06. The van der Waals surface area contributed by atoms with Crippen LogP contribution in [0.25, 0.3) is 0 Å². The van der Waals surface area contributed by atoms with Gasteiger partial charge in [0.05, 0.1) is 0 Å². The molecule has 86 valence electrons. The first-order valence-corrected chi connectivity index (χ1v) is 5.53. The molecular weight excluding hydrogens is 202 g/mol. The number of hydrogen-bond acceptors (Lipinski definition) is 3. The summed E-state index contributed by atoms with van der Waals surface area (Å²) in [5.74, 6) is 0.921. The lowest BCUT2D eigenvalue weighted by Crippen LogP contribution is -2.19. The van der Waals surface area contributed by atoms with Crippen molar-refractivity contribution in [3.63, 3.8) is 0 Å². The second-order valence-electron chi connectivity index (χ2n) is 4.37. The molecule has 0 saturated carbocycles. The highest BCUT2D eigenvalue weighted by atomic mass is 16.4. The number of oxime groups is 1. The molecule has 1 aromatic carbocycles. The fourth-order valence-electron chi connectivity index (χ4n) is 2.07. The van der Waals surface area contributed by atoms with Crippen LogP contribution in [0.3, 0.4) is 0 Å². The van der Waals surface area contributed by atoms with Crippen LogP contribution in [-0.2, 0) is 0 Å². The fraction of sp³-hybridized carbons (Fsp3) is 0.417. The second kappa shape index (κ2) is 4.43. The Bertz CT molecular complexity index is 386. The van der Waals surface area contributed by atoms with E-state index in [1.807, 2.05) is 24.3 Å². The first kappa shape index (κ1) is 10.8. The monoisotopic (exact) mass is 219 g/mol. The SMILES string of the molecule is CC1CCN(c2ccc(C(N)=NO)cc2)C1. The Morgan fingerprint density at radius 1 is 1.44 bits per heavy atom. The Morgan fingerprint density at radius 3 is 2.62 bits per heavy atom. The first-order valence-electron chi connectivity index (χ1n) is 5.53.